The highest BCUT2D eigenvalue weighted by Crippen LogP contribution is 2.27. The number of anilines is 1. The molecule has 1 heterocycles. The molecule has 6 heteroatoms. The Labute approximate surface area is 129 Å². The summed E-state index contributed by atoms with van der Waals surface area (Å²) in [6.07, 6.45) is 0.274. The first-order chi connectivity index (χ1) is 10.6. The van der Waals surface area contributed by atoms with Crippen molar-refractivity contribution in [3.05, 3.63) is 30.3 Å². The van der Waals surface area contributed by atoms with Crippen LogP contribution in [0.15, 0.2) is 30.3 Å². The molecule has 3 rings (SSSR count). The third kappa shape index (κ3) is 2.84. The number of nitrogens with zero attached hydrogens (tertiary/aromatic N) is 2. The molecule has 1 aliphatic carbocycles. The van der Waals surface area contributed by atoms with E-state index >= 15 is 0 Å². The Morgan fingerprint density at radius 1 is 1.18 bits per heavy atom. The van der Waals surface area contributed by atoms with Crippen LogP contribution in [0.4, 0.5) is 5.69 Å². The van der Waals surface area contributed by atoms with Gasteiger partial charge in [-0.3, -0.25) is 9.59 Å². The van der Waals surface area contributed by atoms with Crippen molar-refractivity contribution in [2.24, 2.45) is 11.7 Å². The van der Waals surface area contributed by atoms with E-state index in [2.05, 4.69) is 0 Å². The molecule has 1 saturated heterocycles. The number of carbonyl (C=O) groups excluding carboxylic acids is 2. The molecule has 3 N–H and O–H groups in total. The van der Waals surface area contributed by atoms with Crippen LogP contribution in [-0.2, 0) is 9.59 Å². The highest BCUT2D eigenvalue weighted by Gasteiger charge is 2.38. The minimum Gasteiger partial charge on any atom is -0.391 e. The molecule has 2 fully saturated rings. The highest BCUT2D eigenvalue weighted by molar-refractivity contribution is 5.98. The first-order valence-corrected chi connectivity index (χ1v) is 7.64. The summed E-state index contributed by atoms with van der Waals surface area (Å²) in [5.74, 6) is -0.400. The molecular formula is C16H21N3O3. The smallest absolute Gasteiger partial charge is 0.246 e. The second-order valence-corrected chi connectivity index (χ2v) is 6.04. The molecule has 0 spiro atoms. The molecule has 3 atom stereocenters. The zero-order valence-corrected chi connectivity index (χ0v) is 12.4. The van der Waals surface area contributed by atoms with E-state index in [4.69, 9.17) is 5.73 Å². The molecule has 0 radical (unpaired) electrons. The summed E-state index contributed by atoms with van der Waals surface area (Å²) in [6, 6.07) is 9.13. The number of para-hydroxylation sites is 1. The Balaban J connectivity index is 1.63. The van der Waals surface area contributed by atoms with Crippen LogP contribution >= 0.6 is 0 Å². The van der Waals surface area contributed by atoms with E-state index in [0.717, 1.165) is 5.69 Å². The molecule has 0 bridgehead atoms. The van der Waals surface area contributed by atoms with Gasteiger partial charge in [-0.05, 0) is 25.0 Å². The molecule has 0 unspecified atom stereocenters. The molecule has 1 saturated carbocycles. The van der Waals surface area contributed by atoms with Crippen LogP contribution in [0.5, 0.6) is 0 Å². The highest BCUT2D eigenvalue weighted by atomic mass is 16.3. The fourth-order valence-corrected chi connectivity index (χ4v) is 3.25. The fraction of sp³-hybridized carbons (Fsp3) is 0.500. The largest absolute Gasteiger partial charge is 0.391 e. The molecule has 1 aromatic rings. The summed E-state index contributed by atoms with van der Waals surface area (Å²) in [5.41, 5.74) is 6.62. The molecule has 1 aliphatic heterocycles. The Morgan fingerprint density at radius 2 is 1.91 bits per heavy atom. The number of benzene rings is 1. The number of rotatable bonds is 2. The molecule has 2 amide bonds. The van der Waals surface area contributed by atoms with Gasteiger partial charge in [0.2, 0.25) is 11.8 Å². The predicted octanol–water partition coefficient (Wildman–Crippen LogP) is -0.0400. The van der Waals surface area contributed by atoms with E-state index in [9.17, 15) is 14.7 Å². The zero-order valence-electron chi connectivity index (χ0n) is 12.4. The molecule has 118 valence electrons. The molecule has 1 aromatic carbocycles. The standard InChI is InChI=1S/C16H21N3O3/c17-13-8-11(9-14(13)20)16(22)18-6-7-19(15(21)10-18)12-4-2-1-3-5-12/h1-5,11,13-14,20H,6-10,17H2/t11-,13+,14+/m0/s1. The van der Waals surface area contributed by atoms with Crippen molar-refractivity contribution in [3.8, 4) is 0 Å². The molecule has 6 nitrogen and oxygen atoms in total. The number of nitrogens with two attached hydrogens (primary N) is 1. The van der Waals surface area contributed by atoms with Gasteiger partial charge in [-0.1, -0.05) is 18.2 Å². The van der Waals surface area contributed by atoms with E-state index in [-0.39, 0.29) is 30.3 Å². The minimum atomic E-state index is -0.616. The van der Waals surface area contributed by atoms with Gasteiger partial charge in [0, 0.05) is 30.7 Å². The third-order valence-corrected chi connectivity index (χ3v) is 4.53. The van der Waals surface area contributed by atoms with Crippen LogP contribution in [0.25, 0.3) is 0 Å². The second kappa shape index (κ2) is 6.06. The normalized spacial score (nSPS) is 29.0. The lowest BCUT2D eigenvalue weighted by molar-refractivity contribution is -0.140. The predicted molar refractivity (Wildman–Crippen MR) is 82.1 cm³/mol. The SMILES string of the molecule is N[C@@H]1C[C@H](C(=O)N2CCN(c3ccccc3)C(=O)C2)C[C@H]1O. The van der Waals surface area contributed by atoms with Crippen molar-refractivity contribution in [1.82, 2.24) is 4.90 Å². The van der Waals surface area contributed by atoms with Gasteiger partial charge in [0.25, 0.3) is 0 Å². The monoisotopic (exact) mass is 303 g/mol. The average Bonchev–Trinajstić information content (AvgIpc) is 2.87. The van der Waals surface area contributed by atoms with Gasteiger partial charge in [0.05, 0.1) is 6.10 Å². The molecule has 2 aliphatic rings. The molecular weight excluding hydrogens is 282 g/mol. The molecule has 0 aromatic heterocycles. The third-order valence-electron chi connectivity index (χ3n) is 4.53. The van der Waals surface area contributed by atoms with Gasteiger partial charge in [-0.25, -0.2) is 0 Å². The number of carbonyl (C=O) groups is 2. The van der Waals surface area contributed by atoms with Crippen molar-refractivity contribution < 1.29 is 14.7 Å². The van der Waals surface area contributed by atoms with Crippen LogP contribution in [-0.4, -0.2) is 53.6 Å². The summed E-state index contributed by atoms with van der Waals surface area (Å²) in [4.78, 5) is 28.1. The number of hydrogen-bond donors (Lipinski definition) is 2. The summed E-state index contributed by atoms with van der Waals surface area (Å²) >= 11 is 0. The summed E-state index contributed by atoms with van der Waals surface area (Å²) in [5, 5.41) is 9.69. The van der Waals surface area contributed by atoms with Gasteiger partial charge < -0.3 is 20.6 Å². The Hall–Kier alpha value is -1.92. The second-order valence-electron chi connectivity index (χ2n) is 6.04. The van der Waals surface area contributed by atoms with E-state index < -0.39 is 6.10 Å². The number of hydrogen-bond acceptors (Lipinski definition) is 4. The Bertz CT molecular complexity index is 553. The van der Waals surface area contributed by atoms with Gasteiger partial charge in [0.15, 0.2) is 0 Å². The van der Waals surface area contributed by atoms with E-state index in [1.54, 1.807) is 9.80 Å². The quantitative estimate of drug-likeness (QED) is 0.802. The fourth-order valence-electron chi connectivity index (χ4n) is 3.25. The maximum Gasteiger partial charge on any atom is 0.246 e. The number of aliphatic hydroxyl groups excluding tert-OH is 1. The summed E-state index contributed by atoms with van der Waals surface area (Å²) < 4.78 is 0. The van der Waals surface area contributed by atoms with Crippen molar-refractivity contribution in [2.75, 3.05) is 24.5 Å². The summed E-state index contributed by atoms with van der Waals surface area (Å²) in [6.45, 7) is 1.10. The number of aliphatic hydroxyl groups is 1. The lowest BCUT2D eigenvalue weighted by atomic mass is 10.1. The van der Waals surface area contributed by atoms with Crippen LogP contribution in [0.2, 0.25) is 0 Å². The van der Waals surface area contributed by atoms with Gasteiger partial charge in [-0.15, -0.1) is 0 Å². The van der Waals surface area contributed by atoms with Gasteiger partial charge in [-0.2, -0.15) is 0 Å². The van der Waals surface area contributed by atoms with Crippen LogP contribution < -0.4 is 10.6 Å². The first kappa shape index (κ1) is 15.0. The van der Waals surface area contributed by atoms with E-state index in [1.165, 1.54) is 0 Å². The Kier molecular flexibility index (Phi) is 4.13. The van der Waals surface area contributed by atoms with Crippen molar-refractivity contribution >= 4 is 17.5 Å². The van der Waals surface area contributed by atoms with Crippen LogP contribution in [0.3, 0.4) is 0 Å². The van der Waals surface area contributed by atoms with Crippen LogP contribution in [0, 0.1) is 5.92 Å². The lowest BCUT2D eigenvalue weighted by Gasteiger charge is -2.35. The van der Waals surface area contributed by atoms with Crippen LogP contribution in [0.1, 0.15) is 12.8 Å². The first-order valence-electron chi connectivity index (χ1n) is 7.64. The lowest BCUT2D eigenvalue weighted by Crippen LogP contribution is -2.53. The van der Waals surface area contributed by atoms with E-state index in [0.29, 0.717) is 25.9 Å². The number of piperazine rings is 1. The van der Waals surface area contributed by atoms with Crippen molar-refractivity contribution in [3.63, 3.8) is 0 Å². The summed E-state index contributed by atoms with van der Waals surface area (Å²) in [7, 11) is 0. The average molecular weight is 303 g/mol. The van der Waals surface area contributed by atoms with Crippen molar-refractivity contribution in [1.29, 1.82) is 0 Å². The topological polar surface area (TPSA) is 86.9 Å². The van der Waals surface area contributed by atoms with Gasteiger partial charge >= 0.3 is 0 Å². The van der Waals surface area contributed by atoms with E-state index in [1.807, 2.05) is 30.3 Å². The minimum absolute atomic E-state index is 0.0620. The maximum atomic E-state index is 12.5. The van der Waals surface area contributed by atoms with Gasteiger partial charge in [0.1, 0.15) is 6.54 Å². The van der Waals surface area contributed by atoms with Crippen molar-refractivity contribution in [2.45, 2.75) is 25.0 Å². The zero-order chi connectivity index (χ0) is 15.7. The Morgan fingerprint density at radius 3 is 2.50 bits per heavy atom. The maximum absolute atomic E-state index is 12.5. The number of amides is 2. The molecule has 22 heavy (non-hydrogen) atoms.